The minimum absolute atomic E-state index is 0.110. The Bertz CT molecular complexity index is 555. The van der Waals surface area contributed by atoms with Gasteiger partial charge in [-0.1, -0.05) is 6.07 Å². The first kappa shape index (κ1) is 13.7. The number of halogens is 2. The highest BCUT2D eigenvalue weighted by molar-refractivity contribution is 7.09. The van der Waals surface area contributed by atoms with E-state index in [-0.39, 0.29) is 18.0 Å². The lowest BCUT2D eigenvalue weighted by atomic mass is 10.2. The van der Waals surface area contributed by atoms with Crippen molar-refractivity contribution in [1.82, 2.24) is 0 Å². The zero-order chi connectivity index (χ0) is 13.7. The minimum atomic E-state index is -0.631. The second-order valence-corrected chi connectivity index (χ2v) is 5.14. The molecule has 1 aromatic carbocycles. The summed E-state index contributed by atoms with van der Waals surface area (Å²) in [5.74, 6) is -1.51. The van der Waals surface area contributed by atoms with Gasteiger partial charge in [-0.15, -0.1) is 11.3 Å². The fraction of sp³-hybridized carbons (Fsp3) is 0.214. The zero-order valence-corrected chi connectivity index (χ0v) is 11.0. The van der Waals surface area contributed by atoms with Gasteiger partial charge in [0.25, 0.3) is 0 Å². The molecule has 19 heavy (non-hydrogen) atoms. The summed E-state index contributed by atoms with van der Waals surface area (Å²) in [5, 5.41) is 4.36. The van der Waals surface area contributed by atoms with Crippen molar-refractivity contribution in [2.24, 2.45) is 0 Å². The van der Waals surface area contributed by atoms with Crippen LogP contribution >= 0.6 is 11.3 Å². The van der Waals surface area contributed by atoms with E-state index in [1.807, 2.05) is 17.5 Å². The van der Waals surface area contributed by atoms with Crippen molar-refractivity contribution in [3.63, 3.8) is 0 Å². The average molecular weight is 281 g/mol. The van der Waals surface area contributed by atoms with E-state index in [4.69, 9.17) is 0 Å². The van der Waals surface area contributed by atoms with Crippen molar-refractivity contribution in [3.8, 4) is 0 Å². The zero-order valence-electron chi connectivity index (χ0n) is 10.2. The maximum absolute atomic E-state index is 13.3. The SMILES string of the molecule is O=C(CCCc1cccs1)Nc1cc(F)ccc1F. The van der Waals surface area contributed by atoms with Gasteiger partial charge in [0, 0.05) is 17.4 Å². The number of anilines is 1. The third-order valence-corrected chi connectivity index (χ3v) is 3.55. The van der Waals surface area contributed by atoms with Crippen molar-refractivity contribution in [3.05, 3.63) is 52.2 Å². The van der Waals surface area contributed by atoms with Gasteiger partial charge in [-0.25, -0.2) is 8.78 Å². The third-order valence-electron chi connectivity index (χ3n) is 2.61. The number of rotatable bonds is 5. The van der Waals surface area contributed by atoms with Crippen LogP contribution in [0.1, 0.15) is 17.7 Å². The summed E-state index contributed by atoms with van der Waals surface area (Å²) in [6.07, 6.45) is 1.79. The number of benzene rings is 1. The van der Waals surface area contributed by atoms with E-state index in [2.05, 4.69) is 5.32 Å². The molecular formula is C14H13F2NOS. The summed E-state index contributed by atoms with van der Waals surface area (Å²) >= 11 is 1.64. The van der Waals surface area contributed by atoms with Crippen LogP contribution in [-0.4, -0.2) is 5.91 Å². The van der Waals surface area contributed by atoms with Crippen LogP contribution < -0.4 is 5.32 Å². The molecule has 0 bridgehead atoms. The first-order valence-electron chi connectivity index (χ1n) is 5.92. The summed E-state index contributed by atoms with van der Waals surface area (Å²) in [7, 11) is 0. The van der Waals surface area contributed by atoms with Gasteiger partial charge >= 0.3 is 0 Å². The van der Waals surface area contributed by atoms with E-state index < -0.39 is 11.6 Å². The number of hydrogen-bond donors (Lipinski definition) is 1. The molecule has 2 rings (SSSR count). The maximum atomic E-state index is 13.3. The second kappa shape index (κ2) is 6.43. The molecule has 1 heterocycles. The number of carbonyl (C=O) groups is 1. The van der Waals surface area contributed by atoms with E-state index in [1.165, 1.54) is 4.88 Å². The monoisotopic (exact) mass is 281 g/mol. The number of amides is 1. The molecule has 0 fully saturated rings. The fourth-order valence-electron chi connectivity index (χ4n) is 1.68. The van der Waals surface area contributed by atoms with Crippen LogP contribution in [0.5, 0.6) is 0 Å². The molecule has 0 unspecified atom stereocenters. The van der Waals surface area contributed by atoms with Crippen LogP contribution in [0.15, 0.2) is 35.7 Å². The lowest BCUT2D eigenvalue weighted by molar-refractivity contribution is -0.116. The smallest absolute Gasteiger partial charge is 0.224 e. The molecule has 2 nitrogen and oxygen atoms in total. The number of thiophene rings is 1. The molecule has 1 N–H and O–H groups in total. The average Bonchev–Trinajstić information content (AvgIpc) is 2.87. The van der Waals surface area contributed by atoms with E-state index in [1.54, 1.807) is 11.3 Å². The number of nitrogens with one attached hydrogen (secondary N) is 1. The molecule has 0 aliphatic rings. The lowest BCUT2D eigenvalue weighted by Crippen LogP contribution is -2.12. The summed E-state index contributed by atoms with van der Waals surface area (Å²) < 4.78 is 26.2. The van der Waals surface area contributed by atoms with Crippen LogP contribution in [0.3, 0.4) is 0 Å². The van der Waals surface area contributed by atoms with E-state index in [9.17, 15) is 13.6 Å². The van der Waals surface area contributed by atoms with E-state index in [0.717, 1.165) is 24.6 Å². The van der Waals surface area contributed by atoms with Gasteiger partial charge in [0.15, 0.2) is 0 Å². The molecule has 1 amide bonds. The molecule has 0 aliphatic carbocycles. The van der Waals surface area contributed by atoms with Crippen molar-refractivity contribution in [2.75, 3.05) is 5.32 Å². The molecule has 0 spiro atoms. The molecule has 2 aromatic rings. The first-order chi connectivity index (χ1) is 9.15. The molecule has 5 heteroatoms. The molecule has 0 saturated heterocycles. The van der Waals surface area contributed by atoms with E-state index >= 15 is 0 Å². The lowest BCUT2D eigenvalue weighted by Gasteiger charge is -2.06. The van der Waals surface area contributed by atoms with Crippen LogP contribution in [0.2, 0.25) is 0 Å². The van der Waals surface area contributed by atoms with Gasteiger partial charge < -0.3 is 5.32 Å². The molecule has 1 aromatic heterocycles. The topological polar surface area (TPSA) is 29.1 Å². The maximum Gasteiger partial charge on any atom is 0.224 e. The highest BCUT2D eigenvalue weighted by atomic mass is 32.1. The summed E-state index contributed by atoms with van der Waals surface area (Å²) in [5.41, 5.74) is -0.110. The number of aryl methyl sites for hydroxylation is 1. The predicted molar refractivity (Wildman–Crippen MR) is 72.2 cm³/mol. The highest BCUT2D eigenvalue weighted by Crippen LogP contribution is 2.16. The minimum Gasteiger partial charge on any atom is -0.324 e. The van der Waals surface area contributed by atoms with Gasteiger partial charge in [-0.3, -0.25) is 4.79 Å². The summed E-state index contributed by atoms with van der Waals surface area (Å²) in [6, 6.07) is 6.96. The Morgan fingerprint density at radius 1 is 1.26 bits per heavy atom. The number of hydrogen-bond acceptors (Lipinski definition) is 2. The van der Waals surface area contributed by atoms with Crippen molar-refractivity contribution in [2.45, 2.75) is 19.3 Å². The van der Waals surface area contributed by atoms with E-state index in [0.29, 0.717) is 6.42 Å². The third kappa shape index (κ3) is 4.13. The fourth-order valence-corrected chi connectivity index (χ4v) is 2.44. The standard InChI is InChI=1S/C14H13F2NOS/c15-10-6-7-12(16)13(9-10)17-14(18)5-1-3-11-4-2-8-19-11/h2,4,6-9H,1,3,5H2,(H,17,18). The largest absolute Gasteiger partial charge is 0.324 e. The van der Waals surface area contributed by atoms with Crippen LogP contribution in [-0.2, 0) is 11.2 Å². The molecular weight excluding hydrogens is 268 g/mol. The number of carbonyl (C=O) groups excluding carboxylic acids is 1. The van der Waals surface area contributed by atoms with Gasteiger partial charge in [0.1, 0.15) is 11.6 Å². The molecule has 0 radical (unpaired) electrons. The van der Waals surface area contributed by atoms with Crippen LogP contribution in [0, 0.1) is 11.6 Å². The molecule has 0 saturated carbocycles. The van der Waals surface area contributed by atoms with Crippen molar-refractivity contribution >= 4 is 22.9 Å². The second-order valence-electron chi connectivity index (χ2n) is 4.11. The highest BCUT2D eigenvalue weighted by Gasteiger charge is 2.08. The van der Waals surface area contributed by atoms with Gasteiger partial charge in [-0.2, -0.15) is 0 Å². The summed E-state index contributed by atoms with van der Waals surface area (Å²) in [4.78, 5) is 12.8. The Hall–Kier alpha value is -1.75. The first-order valence-corrected chi connectivity index (χ1v) is 6.80. The van der Waals surface area contributed by atoms with Crippen LogP contribution in [0.25, 0.3) is 0 Å². The van der Waals surface area contributed by atoms with Crippen LogP contribution in [0.4, 0.5) is 14.5 Å². The normalized spacial score (nSPS) is 10.4. The Kier molecular flexibility index (Phi) is 4.63. The Morgan fingerprint density at radius 2 is 2.11 bits per heavy atom. The van der Waals surface area contributed by atoms with Gasteiger partial charge in [-0.05, 0) is 36.4 Å². The van der Waals surface area contributed by atoms with Crippen molar-refractivity contribution < 1.29 is 13.6 Å². The Balaban J connectivity index is 1.82. The van der Waals surface area contributed by atoms with Crippen molar-refractivity contribution in [1.29, 1.82) is 0 Å². The molecule has 100 valence electrons. The molecule has 0 aliphatic heterocycles. The Morgan fingerprint density at radius 3 is 2.84 bits per heavy atom. The molecule has 0 atom stereocenters. The Labute approximate surface area is 114 Å². The predicted octanol–water partition coefficient (Wildman–Crippen LogP) is 3.99. The van der Waals surface area contributed by atoms with Gasteiger partial charge in [0.2, 0.25) is 5.91 Å². The summed E-state index contributed by atoms with van der Waals surface area (Å²) in [6.45, 7) is 0. The quantitative estimate of drug-likeness (QED) is 0.882. The van der Waals surface area contributed by atoms with Gasteiger partial charge in [0.05, 0.1) is 5.69 Å².